The molecule has 0 unspecified atom stereocenters. The molecule has 2 heteroatoms. The highest BCUT2D eigenvalue weighted by molar-refractivity contribution is 5.84. The SMILES string of the molecule is Cc1c(C)n(CC2CC2)c2cnccc12. The number of aryl methyl sites for hydroxylation is 1. The molecule has 2 aromatic heterocycles. The van der Waals surface area contributed by atoms with Gasteiger partial charge in [-0.05, 0) is 44.2 Å². The molecule has 1 saturated carbocycles. The van der Waals surface area contributed by atoms with E-state index in [-0.39, 0.29) is 0 Å². The molecule has 78 valence electrons. The van der Waals surface area contributed by atoms with Gasteiger partial charge >= 0.3 is 0 Å². The van der Waals surface area contributed by atoms with Crippen LogP contribution in [0.3, 0.4) is 0 Å². The van der Waals surface area contributed by atoms with Crippen LogP contribution in [-0.4, -0.2) is 9.55 Å². The van der Waals surface area contributed by atoms with Gasteiger partial charge in [0, 0.05) is 23.8 Å². The Hall–Kier alpha value is -1.31. The highest BCUT2D eigenvalue weighted by Crippen LogP contribution is 2.34. The Kier molecular flexibility index (Phi) is 1.84. The van der Waals surface area contributed by atoms with E-state index in [1.54, 1.807) is 0 Å². The van der Waals surface area contributed by atoms with Crippen LogP contribution in [0.5, 0.6) is 0 Å². The van der Waals surface area contributed by atoms with Crippen LogP contribution in [0.15, 0.2) is 18.5 Å². The van der Waals surface area contributed by atoms with E-state index in [4.69, 9.17) is 0 Å². The summed E-state index contributed by atoms with van der Waals surface area (Å²) in [6.45, 7) is 5.61. The number of pyridine rings is 1. The number of hydrogen-bond donors (Lipinski definition) is 0. The Morgan fingerprint density at radius 2 is 2.20 bits per heavy atom. The van der Waals surface area contributed by atoms with Gasteiger partial charge in [0.05, 0.1) is 11.7 Å². The maximum atomic E-state index is 4.23. The second kappa shape index (κ2) is 3.09. The number of aromatic nitrogens is 2. The Bertz CT molecular complexity index is 506. The van der Waals surface area contributed by atoms with Gasteiger partial charge in [0.1, 0.15) is 0 Å². The highest BCUT2D eigenvalue weighted by atomic mass is 15.0. The van der Waals surface area contributed by atoms with Crippen molar-refractivity contribution in [3.05, 3.63) is 29.7 Å². The summed E-state index contributed by atoms with van der Waals surface area (Å²) in [5.74, 6) is 0.916. The van der Waals surface area contributed by atoms with Crippen molar-refractivity contribution in [2.45, 2.75) is 33.2 Å². The zero-order valence-electron chi connectivity index (χ0n) is 9.33. The first-order valence-electron chi connectivity index (χ1n) is 5.67. The topological polar surface area (TPSA) is 17.8 Å². The fourth-order valence-corrected chi connectivity index (χ4v) is 2.29. The third-order valence-electron chi connectivity index (χ3n) is 3.58. The highest BCUT2D eigenvalue weighted by Gasteiger charge is 2.23. The van der Waals surface area contributed by atoms with Crippen molar-refractivity contribution in [3.63, 3.8) is 0 Å². The van der Waals surface area contributed by atoms with Gasteiger partial charge in [-0.2, -0.15) is 0 Å². The van der Waals surface area contributed by atoms with Crippen molar-refractivity contribution in [1.29, 1.82) is 0 Å². The van der Waals surface area contributed by atoms with E-state index >= 15 is 0 Å². The average molecular weight is 200 g/mol. The fraction of sp³-hybridized carbons (Fsp3) is 0.462. The quantitative estimate of drug-likeness (QED) is 0.728. The van der Waals surface area contributed by atoms with Gasteiger partial charge in [0.15, 0.2) is 0 Å². The van der Waals surface area contributed by atoms with E-state index in [1.807, 2.05) is 12.4 Å². The largest absolute Gasteiger partial charge is 0.343 e. The van der Waals surface area contributed by atoms with E-state index in [0.29, 0.717) is 0 Å². The predicted molar refractivity (Wildman–Crippen MR) is 61.9 cm³/mol. The van der Waals surface area contributed by atoms with Crippen LogP contribution in [0.4, 0.5) is 0 Å². The Labute approximate surface area is 89.9 Å². The fourth-order valence-electron chi connectivity index (χ4n) is 2.29. The summed E-state index contributed by atoms with van der Waals surface area (Å²) in [6, 6.07) is 2.13. The first-order valence-corrected chi connectivity index (χ1v) is 5.67. The summed E-state index contributed by atoms with van der Waals surface area (Å²) in [4.78, 5) is 4.23. The summed E-state index contributed by atoms with van der Waals surface area (Å²) in [5.41, 5.74) is 4.12. The van der Waals surface area contributed by atoms with E-state index in [2.05, 4.69) is 29.5 Å². The van der Waals surface area contributed by atoms with Gasteiger partial charge in [-0.15, -0.1) is 0 Å². The van der Waals surface area contributed by atoms with Crippen LogP contribution < -0.4 is 0 Å². The molecule has 1 fully saturated rings. The lowest BCUT2D eigenvalue weighted by Crippen LogP contribution is -2.01. The lowest BCUT2D eigenvalue weighted by atomic mass is 10.2. The van der Waals surface area contributed by atoms with E-state index in [9.17, 15) is 0 Å². The molecule has 1 aliphatic carbocycles. The van der Waals surface area contributed by atoms with Crippen molar-refractivity contribution in [3.8, 4) is 0 Å². The van der Waals surface area contributed by atoms with Gasteiger partial charge in [0.2, 0.25) is 0 Å². The molecule has 0 amide bonds. The molecule has 0 N–H and O–H groups in total. The minimum absolute atomic E-state index is 0.916. The van der Waals surface area contributed by atoms with Gasteiger partial charge in [-0.1, -0.05) is 0 Å². The number of nitrogens with zero attached hydrogens (tertiary/aromatic N) is 2. The zero-order chi connectivity index (χ0) is 10.4. The number of fused-ring (bicyclic) bond motifs is 1. The molecule has 0 saturated heterocycles. The lowest BCUT2D eigenvalue weighted by molar-refractivity contribution is 0.631. The monoisotopic (exact) mass is 200 g/mol. The normalized spacial score (nSPS) is 16.1. The van der Waals surface area contributed by atoms with Gasteiger partial charge in [-0.3, -0.25) is 4.98 Å². The smallest absolute Gasteiger partial charge is 0.0671 e. The van der Waals surface area contributed by atoms with E-state index < -0.39 is 0 Å². The van der Waals surface area contributed by atoms with Crippen molar-refractivity contribution < 1.29 is 0 Å². The molecule has 0 aliphatic heterocycles. The second-order valence-electron chi connectivity index (χ2n) is 4.66. The van der Waals surface area contributed by atoms with Crippen molar-refractivity contribution in [2.75, 3.05) is 0 Å². The second-order valence-corrected chi connectivity index (χ2v) is 4.66. The molecule has 0 bridgehead atoms. The molecule has 0 aromatic carbocycles. The molecule has 2 heterocycles. The average Bonchev–Trinajstić information content (AvgIpc) is 3.04. The van der Waals surface area contributed by atoms with Crippen LogP contribution >= 0.6 is 0 Å². The molecule has 0 spiro atoms. The van der Waals surface area contributed by atoms with Crippen molar-refractivity contribution in [1.82, 2.24) is 9.55 Å². The number of hydrogen-bond acceptors (Lipinski definition) is 1. The summed E-state index contributed by atoms with van der Waals surface area (Å²) >= 11 is 0. The summed E-state index contributed by atoms with van der Waals surface area (Å²) in [6.07, 6.45) is 6.69. The van der Waals surface area contributed by atoms with Crippen LogP contribution in [0.25, 0.3) is 10.9 Å². The Morgan fingerprint density at radius 3 is 2.93 bits per heavy atom. The summed E-state index contributed by atoms with van der Waals surface area (Å²) in [7, 11) is 0. The standard InChI is InChI=1S/C13H16N2/c1-9-10(2)15(8-11-3-4-11)13-7-14-6-5-12(9)13/h5-7,11H,3-4,8H2,1-2H3. The molecule has 0 radical (unpaired) electrons. The zero-order valence-corrected chi connectivity index (χ0v) is 9.33. The Balaban J connectivity index is 2.21. The lowest BCUT2D eigenvalue weighted by Gasteiger charge is -2.06. The van der Waals surface area contributed by atoms with E-state index in [1.165, 1.54) is 41.5 Å². The van der Waals surface area contributed by atoms with Crippen LogP contribution in [-0.2, 0) is 6.54 Å². The third kappa shape index (κ3) is 1.36. The summed E-state index contributed by atoms with van der Waals surface area (Å²) < 4.78 is 2.44. The third-order valence-corrected chi connectivity index (χ3v) is 3.58. The van der Waals surface area contributed by atoms with E-state index in [0.717, 1.165) is 5.92 Å². The maximum Gasteiger partial charge on any atom is 0.0671 e. The first kappa shape index (κ1) is 8.96. The minimum atomic E-state index is 0.916. The number of rotatable bonds is 2. The molecule has 2 nitrogen and oxygen atoms in total. The molecule has 1 aliphatic rings. The van der Waals surface area contributed by atoms with Crippen molar-refractivity contribution >= 4 is 10.9 Å². The first-order chi connectivity index (χ1) is 7.27. The van der Waals surface area contributed by atoms with Crippen molar-refractivity contribution in [2.24, 2.45) is 5.92 Å². The maximum absolute atomic E-state index is 4.23. The molecule has 2 aromatic rings. The predicted octanol–water partition coefficient (Wildman–Crippen LogP) is 3.06. The molecule has 0 atom stereocenters. The van der Waals surface area contributed by atoms with Gasteiger partial charge in [0.25, 0.3) is 0 Å². The van der Waals surface area contributed by atoms with Gasteiger partial charge in [-0.25, -0.2) is 0 Å². The molecule has 15 heavy (non-hydrogen) atoms. The van der Waals surface area contributed by atoms with Gasteiger partial charge < -0.3 is 4.57 Å². The molecular formula is C13H16N2. The van der Waals surface area contributed by atoms with Crippen LogP contribution in [0.1, 0.15) is 24.1 Å². The van der Waals surface area contributed by atoms with Crippen LogP contribution in [0, 0.1) is 19.8 Å². The van der Waals surface area contributed by atoms with Crippen LogP contribution in [0.2, 0.25) is 0 Å². The minimum Gasteiger partial charge on any atom is -0.343 e. The summed E-state index contributed by atoms with van der Waals surface area (Å²) in [5, 5.41) is 1.36. The molecular weight excluding hydrogens is 184 g/mol. The molecule has 3 rings (SSSR count). The Morgan fingerprint density at radius 1 is 1.40 bits per heavy atom.